The minimum atomic E-state index is 0.143. The van der Waals surface area contributed by atoms with Crippen LogP contribution in [-0.2, 0) is 4.79 Å². The molecule has 1 atom stereocenters. The highest BCUT2D eigenvalue weighted by molar-refractivity contribution is 5.80. The molecule has 0 aliphatic carbocycles. The van der Waals surface area contributed by atoms with Crippen molar-refractivity contribution in [1.29, 1.82) is 0 Å². The number of nitrogens with zero attached hydrogens (tertiary/aromatic N) is 3. The molecular weight excluding hydrogens is 390 g/mol. The van der Waals surface area contributed by atoms with E-state index in [0.29, 0.717) is 18.9 Å². The monoisotopic (exact) mass is 429 g/mol. The van der Waals surface area contributed by atoms with Crippen LogP contribution in [0.15, 0.2) is 29.3 Å². The fraction of sp³-hybridized carbons (Fsp3) is 0.667. The normalized spacial score (nSPS) is 19.3. The average molecular weight is 430 g/mol. The predicted octanol–water partition coefficient (Wildman–Crippen LogP) is 2.65. The second-order valence-corrected chi connectivity index (χ2v) is 8.50. The standard InChI is InChI=1S/C24H39N5O2/c1-4-26-24(29-15-11-19(12-16-29)17-23(30)25-2)27-18-21(28-13-7-8-14-28)20-9-5-6-10-22(20)31-3/h5-6,9-10,19,21H,4,7-8,11-18H2,1-3H3,(H,25,30)(H,26,27). The molecule has 2 N–H and O–H groups in total. The lowest BCUT2D eigenvalue weighted by atomic mass is 9.93. The summed E-state index contributed by atoms with van der Waals surface area (Å²) in [5.41, 5.74) is 1.22. The number of ether oxygens (including phenoxy) is 1. The summed E-state index contributed by atoms with van der Waals surface area (Å²) in [5, 5.41) is 6.24. The van der Waals surface area contributed by atoms with Crippen molar-refractivity contribution in [1.82, 2.24) is 20.4 Å². The van der Waals surface area contributed by atoms with Gasteiger partial charge in [0, 0.05) is 38.7 Å². The third-order valence-electron chi connectivity index (χ3n) is 6.50. The quantitative estimate of drug-likeness (QED) is 0.491. The molecule has 2 heterocycles. The van der Waals surface area contributed by atoms with Crippen molar-refractivity contribution >= 4 is 11.9 Å². The fourth-order valence-electron chi connectivity index (χ4n) is 4.72. The van der Waals surface area contributed by atoms with Crippen molar-refractivity contribution in [2.75, 3.05) is 53.4 Å². The van der Waals surface area contributed by atoms with Crippen molar-refractivity contribution in [3.63, 3.8) is 0 Å². The molecule has 172 valence electrons. The summed E-state index contributed by atoms with van der Waals surface area (Å²) >= 11 is 0. The van der Waals surface area contributed by atoms with Gasteiger partial charge in [0.1, 0.15) is 5.75 Å². The van der Waals surface area contributed by atoms with E-state index in [-0.39, 0.29) is 11.9 Å². The van der Waals surface area contributed by atoms with E-state index in [1.54, 1.807) is 14.2 Å². The molecule has 31 heavy (non-hydrogen) atoms. The Kier molecular flexibility index (Phi) is 9.00. The molecule has 2 aliphatic rings. The Morgan fingerprint density at radius 1 is 1.19 bits per heavy atom. The number of carbonyl (C=O) groups is 1. The number of nitrogens with one attached hydrogen (secondary N) is 2. The number of aliphatic imine (C=N–C) groups is 1. The predicted molar refractivity (Wildman–Crippen MR) is 126 cm³/mol. The van der Waals surface area contributed by atoms with Crippen LogP contribution < -0.4 is 15.4 Å². The molecule has 0 aromatic heterocycles. The Morgan fingerprint density at radius 3 is 2.55 bits per heavy atom. The zero-order valence-corrected chi connectivity index (χ0v) is 19.4. The first-order valence-electron chi connectivity index (χ1n) is 11.8. The molecule has 7 nitrogen and oxygen atoms in total. The van der Waals surface area contributed by atoms with Gasteiger partial charge in [-0.05, 0) is 57.7 Å². The van der Waals surface area contributed by atoms with Gasteiger partial charge in [-0.3, -0.25) is 14.7 Å². The number of hydrogen-bond donors (Lipinski definition) is 2. The van der Waals surface area contributed by atoms with Crippen molar-refractivity contribution in [2.24, 2.45) is 10.9 Å². The topological polar surface area (TPSA) is 69.2 Å². The van der Waals surface area contributed by atoms with Gasteiger partial charge in [0.05, 0.1) is 19.7 Å². The van der Waals surface area contributed by atoms with Crippen molar-refractivity contribution in [3.8, 4) is 5.75 Å². The van der Waals surface area contributed by atoms with Gasteiger partial charge in [-0.2, -0.15) is 0 Å². The number of guanidine groups is 1. The van der Waals surface area contributed by atoms with Gasteiger partial charge >= 0.3 is 0 Å². The first-order chi connectivity index (χ1) is 15.2. The number of benzene rings is 1. The van der Waals surface area contributed by atoms with E-state index >= 15 is 0 Å². The van der Waals surface area contributed by atoms with Gasteiger partial charge in [-0.25, -0.2) is 0 Å². The van der Waals surface area contributed by atoms with Crippen LogP contribution in [-0.4, -0.2) is 75.1 Å². The van der Waals surface area contributed by atoms with E-state index in [9.17, 15) is 4.79 Å². The highest BCUT2D eigenvalue weighted by atomic mass is 16.5. The van der Waals surface area contributed by atoms with Gasteiger partial charge in [-0.15, -0.1) is 0 Å². The largest absolute Gasteiger partial charge is 0.496 e. The molecule has 0 spiro atoms. The minimum Gasteiger partial charge on any atom is -0.496 e. The van der Waals surface area contributed by atoms with Crippen LogP contribution in [0.1, 0.15) is 50.6 Å². The van der Waals surface area contributed by atoms with Crippen molar-refractivity contribution in [2.45, 2.75) is 45.1 Å². The second kappa shape index (κ2) is 11.9. The molecule has 0 radical (unpaired) electrons. The maximum atomic E-state index is 11.7. The maximum Gasteiger partial charge on any atom is 0.220 e. The van der Waals surface area contributed by atoms with E-state index in [1.807, 2.05) is 12.1 Å². The number of carbonyl (C=O) groups excluding carboxylic acids is 1. The Labute approximate surface area is 187 Å². The Balaban J connectivity index is 1.71. The molecule has 1 amide bonds. The Morgan fingerprint density at radius 2 is 1.90 bits per heavy atom. The number of piperidine rings is 1. The minimum absolute atomic E-state index is 0.143. The third kappa shape index (κ3) is 6.35. The van der Waals surface area contributed by atoms with Crippen LogP contribution in [0.3, 0.4) is 0 Å². The van der Waals surface area contributed by atoms with Gasteiger partial charge in [0.15, 0.2) is 5.96 Å². The fourth-order valence-corrected chi connectivity index (χ4v) is 4.72. The molecule has 2 fully saturated rings. The Bertz CT molecular complexity index is 724. The lowest BCUT2D eigenvalue weighted by molar-refractivity contribution is -0.121. The average Bonchev–Trinajstić information content (AvgIpc) is 3.34. The van der Waals surface area contributed by atoms with Crippen LogP contribution in [0.5, 0.6) is 5.75 Å². The molecule has 2 saturated heterocycles. The van der Waals surface area contributed by atoms with Gasteiger partial charge in [0.25, 0.3) is 0 Å². The summed E-state index contributed by atoms with van der Waals surface area (Å²) in [6.07, 6.45) is 5.17. The smallest absolute Gasteiger partial charge is 0.220 e. The summed E-state index contributed by atoms with van der Waals surface area (Å²) in [5.74, 6) is 2.53. The van der Waals surface area contributed by atoms with Crippen LogP contribution >= 0.6 is 0 Å². The summed E-state index contributed by atoms with van der Waals surface area (Å²) < 4.78 is 5.68. The van der Waals surface area contributed by atoms with Gasteiger partial charge in [-0.1, -0.05) is 18.2 Å². The molecule has 1 aromatic rings. The zero-order chi connectivity index (χ0) is 22.1. The maximum absolute atomic E-state index is 11.7. The number of amides is 1. The van der Waals surface area contributed by atoms with E-state index in [4.69, 9.17) is 9.73 Å². The van der Waals surface area contributed by atoms with Crippen LogP contribution in [0.25, 0.3) is 0 Å². The van der Waals surface area contributed by atoms with Crippen LogP contribution in [0.4, 0.5) is 0 Å². The van der Waals surface area contributed by atoms with E-state index in [1.165, 1.54) is 18.4 Å². The van der Waals surface area contributed by atoms with E-state index in [0.717, 1.165) is 57.3 Å². The van der Waals surface area contributed by atoms with Crippen LogP contribution in [0.2, 0.25) is 0 Å². The van der Waals surface area contributed by atoms with E-state index < -0.39 is 0 Å². The highest BCUT2D eigenvalue weighted by Crippen LogP contribution is 2.32. The molecular formula is C24H39N5O2. The van der Waals surface area contributed by atoms with Crippen molar-refractivity contribution < 1.29 is 9.53 Å². The van der Waals surface area contributed by atoms with Crippen LogP contribution in [0, 0.1) is 5.92 Å². The lowest BCUT2D eigenvalue weighted by Gasteiger charge is -2.35. The lowest BCUT2D eigenvalue weighted by Crippen LogP contribution is -2.46. The number of hydrogen-bond acceptors (Lipinski definition) is 4. The first-order valence-corrected chi connectivity index (χ1v) is 11.8. The summed E-state index contributed by atoms with van der Waals surface area (Å²) in [7, 11) is 3.46. The first kappa shape index (κ1) is 23.4. The summed E-state index contributed by atoms with van der Waals surface area (Å²) in [6.45, 7) is 7.78. The Hall–Kier alpha value is -2.28. The number of methoxy groups -OCH3 is 1. The molecule has 0 bridgehead atoms. The van der Waals surface area contributed by atoms with Gasteiger partial charge < -0.3 is 20.3 Å². The zero-order valence-electron chi connectivity index (χ0n) is 19.4. The number of rotatable bonds is 8. The molecule has 3 rings (SSSR count). The SMILES string of the molecule is CCNC(=NCC(c1ccccc1OC)N1CCCC1)N1CCC(CC(=O)NC)CC1. The second-order valence-electron chi connectivity index (χ2n) is 8.50. The number of para-hydroxylation sites is 1. The molecule has 7 heteroatoms. The molecule has 2 aliphatic heterocycles. The molecule has 1 unspecified atom stereocenters. The molecule has 1 aromatic carbocycles. The van der Waals surface area contributed by atoms with Crippen molar-refractivity contribution in [3.05, 3.63) is 29.8 Å². The highest BCUT2D eigenvalue weighted by Gasteiger charge is 2.27. The number of likely N-dealkylation sites (tertiary alicyclic amines) is 2. The third-order valence-corrected chi connectivity index (χ3v) is 6.50. The molecule has 0 saturated carbocycles. The van der Waals surface area contributed by atoms with E-state index in [2.05, 4.69) is 39.5 Å². The summed E-state index contributed by atoms with van der Waals surface area (Å²) in [4.78, 5) is 21.7. The summed E-state index contributed by atoms with van der Waals surface area (Å²) in [6, 6.07) is 8.56. The van der Waals surface area contributed by atoms with Gasteiger partial charge in [0.2, 0.25) is 5.91 Å².